The number of carbonyl (C=O) groups is 2. The Labute approximate surface area is 205 Å². The van der Waals surface area contributed by atoms with Crippen LogP contribution in [0.4, 0.5) is 0 Å². The van der Waals surface area contributed by atoms with Crippen LogP contribution in [0.5, 0.6) is 5.75 Å². The van der Waals surface area contributed by atoms with Crippen LogP contribution < -0.4 is 4.74 Å². The predicted molar refractivity (Wildman–Crippen MR) is 133 cm³/mol. The number of carbonyl (C=O) groups excluding carboxylic acids is 2. The molecule has 0 bridgehead atoms. The number of esters is 1. The molecule has 192 valence electrons. The first-order chi connectivity index (χ1) is 15.7. The molecule has 1 aromatic rings. The van der Waals surface area contributed by atoms with E-state index in [1.807, 2.05) is 31.2 Å². The summed E-state index contributed by atoms with van der Waals surface area (Å²) in [4.78, 5) is 23.5. The van der Waals surface area contributed by atoms with Crippen LogP contribution in [0.1, 0.15) is 47.1 Å². The van der Waals surface area contributed by atoms with Gasteiger partial charge in [0.05, 0.1) is 38.4 Å². The molecule has 0 radical (unpaired) electrons. The van der Waals surface area contributed by atoms with Crippen molar-refractivity contribution in [2.75, 3.05) is 20.3 Å². The largest absolute Gasteiger partial charge is 0.497 e. The second kappa shape index (κ2) is 11.3. The van der Waals surface area contributed by atoms with Crippen LogP contribution in [0.15, 0.2) is 24.3 Å². The lowest BCUT2D eigenvalue weighted by molar-refractivity contribution is -0.144. The third-order valence-corrected chi connectivity index (χ3v) is 11.5. The molecule has 1 aromatic carbocycles. The average molecular weight is 495 g/mol. The van der Waals surface area contributed by atoms with Crippen LogP contribution >= 0.6 is 0 Å². The normalized spacial score (nSPS) is 23.0. The zero-order valence-corrected chi connectivity index (χ0v) is 23.2. The van der Waals surface area contributed by atoms with Crippen LogP contribution in [0.3, 0.4) is 0 Å². The topological polar surface area (TPSA) is 83.6 Å². The van der Waals surface area contributed by atoms with Crippen molar-refractivity contribution in [3.63, 3.8) is 0 Å². The Morgan fingerprint density at radius 3 is 2.32 bits per heavy atom. The first-order valence-corrected chi connectivity index (χ1v) is 14.8. The van der Waals surface area contributed by atoms with E-state index in [2.05, 4.69) is 40.8 Å². The van der Waals surface area contributed by atoms with Crippen LogP contribution in [0.2, 0.25) is 18.1 Å². The van der Waals surface area contributed by atoms with Gasteiger partial charge in [0.15, 0.2) is 8.32 Å². The van der Waals surface area contributed by atoms with Gasteiger partial charge in [0, 0.05) is 12.8 Å². The summed E-state index contributed by atoms with van der Waals surface area (Å²) >= 11 is 0. The highest BCUT2D eigenvalue weighted by molar-refractivity contribution is 6.74. The Morgan fingerprint density at radius 1 is 1.21 bits per heavy atom. The molecule has 1 saturated heterocycles. The Morgan fingerprint density at radius 2 is 1.82 bits per heavy atom. The van der Waals surface area contributed by atoms with Gasteiger partial charge in [0.1, 0.15) is 24.2 Å². The first kappa shape index (κ1) is 28.5. The van der Waals surface area contributed by atoms with Crippen molar-refractivity contribution in [3.8, 4) is 5.75 Å². The van der Waals surface area contributed by atoms with Gasteiger partial charge >= 0.3 is 5.97 Å². The molecular formula is C26H42O7Si. The zero-order chi connectivity index (χ0) is 25.7. The molecule has 2 rings (SSSR count). The summed E-state index contributed by atoms with van der Waals surface area (Å²) in [7, 11) is -0.593. The van der Waals surface area contributed by atoms with Crippen molar-refractivity contribution in [1.29, 1.82) is 0 Å². The summed E-state index contributed by atoms with van der Waals surface area (Å²) in [5, 5.41) is -0.0477. The second-order valence-corrected chi connectivity index (χ2v) is 15.7. The minimum absolute atomic E-state index is 0.0217. The summed E-state index contributed by atoms with van der Waals surface area (Å²) in [6, 6.07) is 7.78. The number of methoxy groups -OCH3 is 1. The zero-order valence-electron chi connectivity index (χ0n) is 22.2. The summed E-state index contributed by atoms with van der Waals surface area (Å²) in [5.41, 5.74) is 0.401. The van der Waals surface area contributed by atoms with Crippen LogP contribution in [-0.4, -0.2) is 58.7 Å². The quantitative estimate of drug-likeness (QED) is 0.169. The highest BCUT2D eigenvalue weighted by atomic mass is 28.4. The minimum Gasteiger partial charge on any atom is -0.497 e. The monoisotopic (exact) mass is 494 g/mol. The number of hydrogen-bond acceptors (Lipinski definition) is 7. The van der Waals surface area contributed by atoms with Crippen LogP contribution in [0, 0.1) is 11.8 Å². The van der Waals surface area contributed by atoms with Gasteiger partial charge in [-0.05, 0) is 42.8 Å². The Hall–Kier alpha value is -1.74. The SMILES string of the molecule is COc1ccc(COC[C@H](C)[C@H]2O[C@]2(C)[C@@H](O[Si](C)(C)C(C)(C)C)[C@H](C=O)COC(C)=O)cc1. The third-order valence-electron chi connectivity index (χ3n) is 7.05. The lowest BCUT2D eigenvalue weighted by Crippen LogP contribution is -2.52. The summed E-state index contributed by atoms with van der Waals surface area (Å²) in [5.74, 6) is -0.127. The van der Waals surface area contributed by atoms with Crippen molar-refractivity contribution in [2.24, 2.45) is 11.8 Å². The molecule has 1 aliphatic heterocycles. The number of benzene rings is 1. The van der Waals surface area contributed by atoms with E-state index in [0.717, 1.165) is 17.6 Å². The van der Waals surface area contributed by atoms with Crippen molar-refractivity contribution >= 4 is 20.6 Å². The summed E-state index contributed by atoms with van der Waals surface area (Å²) in [6.07, 6.45) is 0.187. The first-order valence-electron chi connectivity index (χ1n) is 11.9. The molecule has 0 N–H and O–H groups in total. The fourth-order valence-electron chi connectivity index (χ4n) is 3.86. The van der Waals surface area contributed by atoms with Gasteiger partial charge in [0.25, 0.3) is 0 Å². The van der Waals surface area contributed by atoms with E-state index in [9.17, 15) is 9.59 Å². The van der Waals surface area contributed by atoms with Crippen molar-refractivity contribution in [2.45, 2.75) is 84.1 Å². The van der Waals surface area contributed by atoms with E-state index < -0.39 is 31.9 Å². The number of hydrogen-bond donors (Lipinski definition) is 0. The average Bonchev–Trinajstić information content (AvgIpc) is 3.45. The summed E-state index contributed by atoms with van der Waals surface area (Å²) < 4.78 is 29.3. The predicted octanol–water partition coefficient (Wildman–Crippen LogP) is 4.77. The van der Waals surface area contributed by atoms with Gasteiger partial charge in [-0.15, -0.1) is 0 Å². The van der Waals surface area contributed by atoms with E-state index in [4.69, 9.17) is 23.4 Å². The molecule has 0 unspecified atom stereocenters. The summed E-state index contributed by atoms with van der Waals surface area (Å²) in [6.45, 7) is 17.1. The lowest BCUT2D eigenvalue weighted by atomic mass is 9.87. The molecule has 0 aliphatic carbocycles. The van der Waals surface area contributed by atoms with E-state index in [-0.39, 0.29) is 23.7 Å². The molecule has 1 heterocycles. The molecule has 1 fully saturated rings. The van der Waals surface area contributed by atoms with Crippen LogP contribution in [-0.2, 0) is 34.8 Å². The van der Waals surface area contributed by atoms with E-state index in [1.165, 1.54) is 6.92 Å². The van der Waals surface area contributed by atoms with Gasteiger partial charge in [-0.2, -0.15) is 0 Å². The minimum atomic E-state index is -2.24. The highest BCUT2D eigenvalue weighted by Crippen LogP contribution is 2.49. The standard InChI is InChI=1S/C26H42O7Si/c1-18(15-30-16-20-10-12-22(29-7)13-11-20)23-26(6,32-23)24(21(14-27)17-31-19(2)28)33-34(8,9)25(3,4)5/h10-14,18,21,23-24H,15-17H2,1-9H3/t18-,21+,23+,24-,26-/m0/s1. The fraction of sp³-hybridized carbons (Fsp3) is 0.692. The highest BCUT2D eigenvalue weighted by Gasteiger charge is 2.63. The molecular weight excluding hydrogens is 452 g/mol. The van der Waals surface area contributed by atoms with Gasteiger partial charge in [-0.3, -0.25) is 4.79 Å². The maximum Gasteiger partial charge on any atom is 0.302 e. The molecule has 0 aromatic heterocycles. The molecule has 0 amide bonds. The molecule has 5 atom stereocenters. The molecule has 34 heavy (non-hydrogen) atoms. The maximum absolute atomic E-state index is 12.1. The number of ether oxygens (including phenoxy) is 4. The molecule has 0 spiro atoms. The van der Waals surface area contributed by atoms with E-state index in [1.54, 1.807) is 7.11 Å². The second-order valence-electron chi connectivity index (χ2n) is 11.0. The molecule has 0 saturated carbocycles. The Balaban J connectivity index is 2.08. The molecule has 7 nitrogen and oxygen atoms in total. The number of aldehydes is 1. The fourth-order valence-corrected chi connectivity index (χ4v) is 5.25. The molecule has 1 aliphatic rings. The number of epoxide rings is 1. The smallest absolute Gasteiger partial charge is 0.302 e. The van der Waals surface area contributed by atoms with Gasteiger partial charge < -0.3 is 28.2 Å². The maximum atomic E-state index is 12.1. The lowest BCUT2D eigenvalue weighted by Gasteiger charge is -2.42. The van der Waals surface area contributed by atoms with E-state index in [0.29, 0.717) is 13.2 Å². The third kappa shape index (κ3) is 7.13. The molecule has 8 heteroatoms. The van der Waals surface area contributed by atoms with Crippen molar-refractivity contribution < 1.29 is 33.0 Å². The van der Waals surface area contributed by atoms with Crippen LogP contribution in [0.25, 0.3) is 0 Å². The number of rotatable bonds is 13. The Bertz CT molecular complexity index is 817. The van der Waals surface area contributed by atoms with Crippen molar-refractivity contribution in [3.05, 3.63) is 29.8 Å². The Kier molecular flexibility index (Phi) is 9.49. The van der Waals surface area contributed by atoms with Gasteiger partial charge in [0.2, 0.25) is 0 Å². The van der Waals surface area contributed by atoms with E-state index >= 15 is 0 Å². The van der Waals surface area contributed by atoms with Gasteiger partial charge in [-0.1, -0.05) is 39.8 Å². The van der Waals surface area contributed by atoms with Crippen molar-refractivity contribution in [1.82, 2.24) is 0 Å². The van der Waals surface area contributed by atoms with Gasteiger partial charge in [-0.25, -0.2) is 0 Å².